The van der Waals surface area contributed by atoms with Crippen LogP contribution in [0.25, 0.3) is 10.1 Å². The Morgan fingerprint density at radius 2 is 2.29 bits per heavy atom. The van der Waals surface area contributed by atoms with E-state index >= 15 is 0 Å². The summed E-state index contributed by atoms with van der Waals surface area (Å²) in [5.41, 5.74) is 0.128. The number of carboxylic acids is 1. The highest BCUT2D eigenvalue weighted by atomic mass is 32.1. The van der Waals surface area contributed by atoms with Crippen molar-refractivity contribution in [2.75, 3.05) is 7.11 Å². The second-order valence-corrected chi connectivity index (χ2v) is 4.07. The summed E-state index contributed by atoms with van der Waals surface area (Å²) >= 11 is 1.14. The lowest BCUT2D eigenvalue weighted by Gasteiger charge is -1.99. The Labute approximate surface area is 99.9 Å². The predicted molar refractivity (Wildman–Crippen MR) is 63.0 cm³/mol. The first-order valence-electron chi connectivity index (χ1n) is 4.65. The van der Waals surface area contributed by atoms with Gasteiger partial charge in [-0.25, -0.2) is 9.18 Å². The second-order valence-electron chi connectivity index (χ2n) is 3.19. The van der Waals surface area contributed by atoms with E-state index in [1.165, 1.54) is 19.2 Å². The molecule has 0 unspecified atom stereocenters. The van der Waals surface area contributed by atoms with Gasteiger partial charge < -0.3 is 9.94 Å². The minimum absolute atomic E-state index is 0.232. The molecule has 0 saturated carbocycles. The lowest BCUT2D eigenvalue weighted by molar-refractivity contribution is -0.129. The molecular formula is C11H8FNO3S. The Balaban J connectivity index is 2.67. The van der Waals surface area contributed by atoms with E-state index in [9.17, 15) is 9.18 Å². The van der Waals surface area contributed by atoms with Gasteiger partial charge in [0.15, 0.2) is 5.71 Å². The molecule has 2 aromatic rings. The summed E-state index contributed by atoms with van der Waals surface area (Å²) < 4.78 is 13.9. The zero-order chi connectivity index (χ0) is 12.4. The van der Waals surface area contributed by atoms with Crippen molar-refractivity contribution in [3.63, 3.8) is 0 Å². The number of hydrogen-bond donors (Lipinski definition) is 1. The monoisotopic (exact) mass is 253 g/mol. The van der Waals surface area contributed by atoms with E-state index in [0.29, 0.717) is 15.6 Å². The lowest BCUT2D eigenvalue weighted by Crippen LogP contribution is -2.14. The molecule has 17 heavy (non-hydrogen) atoms. The summed E-state index contributed by atoms with van der Waals surface area (Å²) in [6, 6.07) is 4.51. The zero-order valence-electron chi connectivity index (χ0n) is 8.81. The standard InChI is InChI=1S/C11H8FNO3S/c1-16-13-9(11(14)15)7-5-17-10-6(7)3-2-4-8(10)12/h2-5H,1H3,(H,14,15)/b13-9+. The molecule has 1 aromatic heterocycles. The number of carbonyl (C=O) groups is 1. The number of halogens is 1. The highest BCUT2D eigenvalue weighted by Gasteiger charge is 2.19. The zero-order valence-corrected chi connectivity index (χ0v) is 9.62. The van der Waals surface area contributed by atoms with Gasteiger partial charge >= 0.3 is 5.97 Å². The number of hydrogen-bond acceptors (Lipinski definition) is 4. The number of fused-ring (bicyclic) bond motifs is 1. The largest absolute Gasteiger partial charge is 0.476 e. The molecule has 2 rings (SSSR count). The molecule has 1 aromatic carbocycles. The quantitative estimate of drug-likeness (QED) is 0.675. The van der Waals surface area contributed by atoms with Crippen LogP contribution < -0.4 is 0 Å². The summed E-state index contributed by atoms with van der Waals surface area (Å²) in [5, 5.41) is 14.5. The number of aliphatic carboxylic acids is 1. The van der Waals surface area contributed by atoms with Gasteiger partial charge in [0, 0.05) is 16.3 Å². The molecular weight excluding hydrogens is 245 g/mol. The molecule has 0 fully saturated rings. The summed E-state index contributed by atoms with van der Waals surface area (Å²) in [7, 11) is 1.26. The van der Waals surface area contributed by atoms with Gasteiger partial charge in [0.2, 0.25) is 0 Å². The molecule has 0 aliphatic heterocycles. The van der Waals surface area contributed by atoms with Crippen LogP contribution in [0, 0.1) is 5.82 Å². The number of benzene rings is 1. The normalized spacial score (nSPS) is 11.8. The second kappa shape index (κ2) is 4.50. The van der Waals surface area contributed by atoms with E-state index < -0.39 is 5.97 Å². The smallest absolute Gasteiger partial charge is 0.358 e. The van der Waals surface area contributed by atoms with E-state index in [2.05, 4.69) is 9.99 Å². The van der Waals surface area contributed by atoms with Crippen molar-refractivity contribution in [3.05, 3.63) is 35.0 Å². The molecule has 88 valence electrons. The Morgan fingerprint density at radius 3 is 2.94 bits per heavy atom. The molecule has 6 heteroatoms. The van der Waals surface area contributed by atoms with Crippen molar-refractivity contribution in [1.82, 2.24) is 0 Å². The summed E-state index contributed by atoms with van der Waals surface area (Å²) in [6.45, 7) is 0. The van der Waals surface area contributed by atoms with Gasteiger partial charge in [-0.1, -0.05) is 17.3 Å². The van der Waals surface area contributed by atoms with Crippen LogP contribution >= 0.6 is 11.3 Å². The maximum absolute atomic E-state index is 13.4. The lowest BCUT2D eigenvalue weighted by atomic mass is 10.1. The topological polar surface area (TPSA) is 58.9 Å². The fraction of sp³-hybridized carbons (Fsp3) is 0.0909. The van der Waals surface area contributed by atoms with E-state index in [4.69, 9.17) is 5.11 Å². The van der Waals surface area contributed by atoms with E-state index in [-0.39, 0.29) is 11.5 Å². The predicted octanol–water partition coefficient (Wildman–Crippen LogP) is 2.48. The third-order valence-electron chi connectivity index (χ3n) is 2.19. The maximum Gasteiger partial charge on any atom is 0.358 e. The summed E-state index contributed by atoms with van der Waals surface area (Å²) in [5.74, 6) is -1.59. The van der Waals surface area contributed by atoms with Crippen molar-refractivity contribution in [3.8, 4) is 0 Å². The minimum Gasteiger partial charge on any atom is -0.476 e. The fourth-order valence-corrected chi connectivity index (χ4v) is 2.46. The van der Waals surface area contributed by atoms with E-state index in [0.717, 1.165) is 11.3 Å². The van der Waals surface area contributed by atoms with Gasteiger partial charge in [-0.2, -0.15) is 0 Å². The SMILES string of the molecule is CO/N=C(/C(=O)O)c1csc2c(F)cccc12. The average Bonchev–Trinajstić information content (AvgIpc) is 2.70. The first-order chi connectivity index (χ1) is 8.15. The van der Waals surface area contributed by atoms with Gasteiger partial charge in [0.25, 0.3) is 0 Å². The Hall–Kier alpha value is -1.95. The van der Waals surface area contributed by atoms with E-state index in [1.54, 1.807) is 11.4 Å². The van der Waals surface area contributed by atoms with Crippen LogP contribution in [0.4, 0.5) is 4.39 Å². The molecule has 0 spiro atoms. The van der Waals surface area contributed by atoms with Crippen LogP contribution in [0.2, 0.25) is 0 Å². The highest BCUT2D eigenvalue weighted by Crippen LogP contribution is 2.28. The average molecular weight is 253 g/mol. The van der Waals surface area contributed by atoms with Crippen molar-refractivity contribution in [1.29, 1.82) is 0 Å². The summed E-state index contributed by atoms with van der Waals surface area (Å²) in [6.07, 6.45) is 0. The third kappa shape index (κ3) is 1.99. The molecule has 1 N–H and O–H groups in total. The highest BCUT2D eigenvalue weighted by molar-refractivity contribution is 7.17. The maximum atomic E-state index is 13.4. The molecule has 1 heterocycles. The Morgan fingerprint density at radius 1 is 1.53 bits per heavy atom. The van der Waals surface area contributed by atoms with Crippen molar-refractivity contribution in [2.45, 2.75) is 0 Å². The van der Waals surface area contributed by atoms with Crippen LogP contribution in [0.15, 0.2) is 28.7 Å². The molecule has 0 bridgehead atoms. The van der Waals surface area contributed by atoms with Gasteiger partial charge in [0.1, 0.15) is 12.9 Å². The van der Waals surface area contributed by atoms with Gasteiger partial charge in [-0.05, 0) is 6.07 Å². The van der Waals surface area contributed by atoms with Crippen LogP contribution in [0.1, 0.15) is 5.56 Å². The van der Waals surface area contributed by atoms with Crippen molar-refractivity contribution < 1.29 is 19.1 Å². The number of carboxylic acid groups (broad SMARTS) is 1. The molecule has 0 aliphatic carbocycles. The molecule has 0 aliphatic rings. The number of nitrogens with zero attached hydrogens (tertiary/aromatic N) is 1. The Kier molecular flexibility index (Phi) is 3.06. The van der Waals surface area contributed by atoms with Gasteiger partial charge in [-0.15, -0.1) is 11.3 Å². The number of rotatable bonds is 3. The molecule has 0 radical (unpaired) electrons. The van der Waals surface area contributed by atoms with Crippen LogP contribution in [-0.4, -0.2) is 23.9 Å². The molecule has 0 amide bonds. The van der Waals surface area contributed by atoms with Crippen LogP contribution in [0.5, 0.6) is 0 Å². The minimum atomic E-state index is -1.21. The van der Waals surface area contributed by atoms with Crippen molar-refractivity contribution in [2.24, 2.45) is 5.16 Å². The molecule has 4 nitrogen and oxygen atoms in total. The Bertz CT molecular complexity index is 606. The molecule has 0 atom stereocenters. The first-order valence-corrected chi connectivity index (χ1v) is 5.53. The van der Waals surface area contributed by atoms with Crippen molar-refractivity contribution >= 4 is 33.1 Å². The van der Waals surface area contributed by atoms with E-state index in [1.807, 2.05) is 0 Å². The third-order valence-corrected chi connectivity index (χ3v) is 3.20. The van der Waals surface area contributed by atoms with Crippen LogP contribution in [-0.2, 0) is 9.63 Å². The van der Waals surface area contributed by atoms with Gasteiger partial charge in [0.05, 0.1) is 4.70 Å². The number of thiophene rings is 1. The van der Waals surface area contributed by atoms with Crippen LogP contribution in [0.3, 0.4) is 0 Å². The first kappa shape index (κ1) is 11.5. The van der Waals surface area contributed by atoms with Gasteiger partial charge in [-0.3, -0.25) is 0 Å². The fourth-order valence-electron chi connectivity index (χ4n) is 1.50. The number of oxime groups is 1. The molecule has 0 saturated heterocycles. The summed E-state index contributed by atoms with van der Waals surface area (Å²) in [4.78, 5) is 15.5.